The molecule has 0 saturated heterocycles. The third kappa shape index (κ3) is 1.40. The number of rotatable bonds is 2. The van der Waals surface area contributed by atoms with Crippen LogP contribution in [0.3, 0.4) is 0 Å². The van der Waals surface area contributed by atoms with Crippen molar-refractivity contribution in [2.45, 2.75) is 12.7 Å². The van der Waals surface area contributed by atoms with Crippen molar-refractivity contribution < 1.29 is 9.53 Å². The number of nitrogens with zero attached hydrogens (tertiary/aromatic N) is 1. The average molecular weight is 191 g/mol. The van der Waals surface area contributed by atoms with Gasteiger partial charge in [0.15, 0.2) is 6.29 Å². The van der Waals surface area contributed by atoms with Crippen LogP contribution in [0.4, 0.5) is 5.69 Å². The summed E-state index contributed by atoms with van der Waals surface area (Å²) in [7, 11) is 3.99. The van der Waals surface area contributed by atoms with Crippen LogP contribution in [0, 0.1) is 0 Å². The molecule has 74 valence electrons. The van der Waals surface area contributed by atoms with Gasteiger partial charge in [-0.3, -0.25) is 0 Å². The fraction of sp³-hybridized carbons (Fsp3) is 0.364. The second-order valence-electron chi connectivity index (χ2n) is 3.65. The van der Waals surface area contributed by atoms with Crippen LogP contribution in [0.2, 0.25) is 0 Å². The topological polar surface area (TPSA) is 29.5 Å². The maximum atomic E-state index is 10.7. The van der Waals surface area contributed by atoms with E-state index >= 15 is 0 Å². The molecule has 1 atom stereocenters. The van der Waals surface area contributed by atoms with E-state index in [4.69, 9.17) is 4.74 Å². The summed E-state index contributed by atoms with van der Waals surface area (Å²) in [6.45, 7) is 0.542. The number of benzene rings is 1. The predicted molar refractivity (Wildman–Crippen MR) is 54.4 cm³/mol. The summed E-state index contributed by atoms with van der Waals surface area (Å²) in [5, 5.41) is 0. The molecule has 0 saturated carbocycles. The highest BCUT2D eigenvalue weighted by atomic mass is 16.5. The summed E-state index contributed by atoms with van der Waals surface area (Å²) < 4.78 is 5.32. The molecule has 0 fully saturated rings. The molecular formula is C11H13NO2. The number of carbonyl (C=O) groups is 1. The van der Waals surface area contributed by atoms with E-state index in [1.807, 2.05) is 31.1 Å². The predicted octanol–water partition coefficient (Wildman–Crippen LogP) is 1.52. The smallest absolute Gasteiger partial charge is 0.153 e. The Kier molecular flexibility index (Phi) is 2.25. The minimum Gasteiger partial charge on any atom is -0.378 e. The van der Waals surface area contributed by atoms with E-state index in [9.17, 15) is 4.79 Å². The highest BCUT2D eigenvalue weighted by Gasteiger charge is 2.22. The molecule has 3 nitrogen and oxygen atoms in total. The Morgan fingerprint density at radius 3 is 2.93 bits per heavy atom. The highest BCUT2D eigenvalue weighted by molar-refractivity contribution is 5.64. The number of hydrogen-bond acceptors (Lipinski definition) is 3. The molecule has 0 aromatic heterocycles. The molecule has 1 unspecified atom stereocenters. The Morgan fingerprint density at radius 1 is 1.50 bits per heavy atom. The molecular weight excluding hydrogens is 178 g/mol. The van der Waals surface area contributed by atoms with Crippen LogP contribution in [0.5, 0.6) is 0 Å². The fourth-order valence-corrected chi connectivity index (χ4v) is 1.65. The van der Waals surface area contributed by atoms with Crippen LogP contribution in [0.15, 0.2) is 18.2 Å². The van der Waals surface area contributed by atoms with Crippen molar-refractivity contribution in [1.82, 2.24) is 0 Å². The standard InChI is InChI=1S/C11H13NO2/c1-12(2)9-3-4-10-8(5-9)7-14-11(10)6-13/h3-6,11H,7H2,1-2H3. The largest absolute Gasteiger partial charge is 0.378 e. The summed E-state index contributed by atoms with van der Waals surface area (Å²) in [6, 6.07) is 6.04. The van der Waals surface area contributed by atoms with E-state index in [2.05, 4.69) is 6.07 Å². The highest BCUT2D eigenvalue weighted by Crippen LogP contribution is 2.31. The zero-order chi connectivity index (χ0) is 10.1. The van der Waals surface area contributed by atoms with Crippen molar-refractivity contribution in [3.05, 3.63) is 29.3 Å². The number of hydrogen-bond donors (Lipinski definition) is 0. The van der Waals surface area contributed by atoms with Gasteiger partial charge in [-0.2, -0.15) is 0 Å². The number of ether oxygens (including phenoxy) is 1. The van der Waals surface area contributed by atoms with Gasteiger partial charge in [0.25, 0.3) is 0 Å². The lowest BCUT2D eigenvalue weighted by Crippen LogP contribution is -2.08. The van der Waals surface area contributed by atoms with E-state index in [1.54, 1.807) is 0 Å². The van der Waals surface area contributed by atoms with Gasteiger partial charge in [0.1, 0.15) is 6.10 Å². The second-order valence-corrected chi connectivity index (χ2v) is 3.65. The lowest BCUT2D eigenvalue weighted by Gasteiger charge is -2.13. The Labute approximate surface area is 83.3 Å². The molecule has 2 rings (SSSR count). The summed E-state index contributed by atoms with van der Waals surface area (Å²) in [5.41, 5.74) is 3.26. The van der Waals surface area contributed by atoms with Gasteiger partial charge >= 0.3 is 0 Å². The summed E-state index contributed by atoms with van der Waals surface area (Å²) in [5.74, 6) is 0. The first kappa shape index (κ1) is 9.21. The maximum Gasteiger partial charge on any atom is 0.153 e. The van der Waals surface area contributed by atoms with Crippen molar-refractivity contribution in [1.29, 1.82) is 0 Å². The zero-order valence-electron chi connectivity index (χ0n) is 8.36. The first-order valence-electron chi connectivity index (χ1n) is 4.59. The van der Waals surface area contributed by atoms with Crippen LogP contribution in [-0.2, 0) is 16.1 Å². The first-order valence-corrected chi connectivity index (χ1v) is 4.59. The van der Waals surface area contributed by atoms with E-state index in [1.165, 1.54) is 0 Å². The third-order valence-electron chi connectivity index (χ3n) is 2.49. The Balaban J connectivity index is 2.38. The Bertz CT molecular complexity index is 360. The molecule has 0 spiro atoms. The Hall–Kier alpha value is -1.35. The van der Waals surface area contributed by atoms with Crippen molar-refractivity contribution in [3.63, 3.8) is 0 Å². The molecule has 14 heavy (non-hydrogen) atoms. The molecule has 1 aromatic carbocycles. The summed E-state index contributed by atoms with van der Waals surface area (Å²) in [6.07, 6.45) is 0.488. The van der Waals surface area contributed by atoms with Gasteiger partial charge in [0, 0.05) is 19.8 Å². The van der Waals surface area contributed by atoms with Gasteiger partial charge in [0.2, 0.25) is 0 Å². The van der Waals surface area contributed by atoms with Gasteiger partial charge in [-0.15, -0.1) is 0 Å². The van der Waals surface area contributed by atoms with Crippen LogP contribution in [-0.4, -0.2) is 20.4 Å². The lowest BCUT2D eigenvalue weighted by molar-refractivity contribution is -0.117. The van der Waals surface area contributed by atoms with Crippen LogP contribution in [0.25, 0.3) is 0 Å². The van der Waals surface area contributed by atoms with E-state index in [0.717, 1.165) is 23.1 Å². The summed E-state index contributed by atoms with van der Waals surface area (Å²) >= 11 is 0. The number of fused-ring (bicyclic) bond motifs is 1. The zero-order valence-corrected chi connectivity index (χ0v) is 8.36. The van der Waals surface area contributed by atoms with Gasteiger partial charge in [-0.1, -0.05) is 6.07 Å². The van der Waals surface area contributed by atoms with Crippen molar-refractivity contribution in [2.75, 3.05) is 19.0 Å². The first-order chi connectivity index (χ1) is 6.72. The van der Waals surface area contributed by atoms with Crippen LogP contribution in [0.1, 0.15) is 17.2 Å². The average Bonchev–Trinajstić information content (AvgIpc) is 2.59. The lowest BCUT2D eigenvalue weighted by atomic mass is 10.1. The molecule has 0 aliphatic carbocycles. The fourth-order valence-electron chi connectivity index (χ4n) is 1.65. The molecule has 1 aromatic rings. The van der Waals surface area contributed by atoms with E-state index in [-0.39, 0.29) is 6.10 Å². The van der Waals surface area contributed by atoms with Crippen LogP contribution >= 0.6 is 0 Å². The van der Waals surface area contributed by atoms with Gasteiger partial charge in [0.05, 0.1) is 6.61 Å². The molecule has 3 heteroatoms. The van der Waals surface area contributed by atoms with E-state index < -0.39 is 0 Å². The van der Waals surface area contributed by atoms with E-state index in [0.29, 0.717) is 6.61 Å². The number of carbonyl (C=O) groups excluding carboxylic acids is 1. The summed E-state index contributed by atoms with van der Waals surface area (Å²) in [4.78, 5) is 12.7. The number of anilines is 1. The maximum absolute atomic E-state index is 10.7. The number of aldehydes is 1. The minimum atomic E-state index is -0.360. The Morgan fingerprint density at radius 2 is 2.29 bits per heavy atom. The minimum absolute atomic E-state index is 0.360. The third-order valence-corrected chi connectivity index (χ3v) is 2.49. The van der Waals surface area contributed by atoms with Crippen LogP contribution < -0.4 is 4.90 Å². The van der Waals surface area contributed by atoms with Crippen molar-refractivity contribution >= 4 is 12.0 Å². The normalized spacial score (nSPS) is 19.1. The molecule has 1 aliphatic rings. The van der Waals surface area contributed by atoms with Gasteiger partial charge < -0.3 is 14.4 Å². The molecule has 1 aliphatic heterocycles. The van der Waals surface area contributed by atoms with Crippen molar-refractivity contribution in [3.8, 4) is 0 Å². The van der Waals surface area contributed by atoms with Crippen molar-refractivity contribution in [2.24, 2.45) is 0 Å². The molecule has 0 radical (unpaired) electrons. The molecule has 1 heterocycles. The quantitative estimate of drug-likeness (QED) is 0.664. The molecule has 0 bridgehead atoms. The van der Waals surface area contributed by atoms with Gasteiger partial charge in [-0.05, 0) is 23.3 Å². The molecule has 0 N–H and O–H groups in total. The van der Waals surface area contributed by atoms with Gasteiger partial charge in [-0.25, -0.2) is 0 Å². The second kappa shape index (κ2) is 3.42. The molecule has 0 amide bonds. The SMILES string of the molecule is CN(C)c1ccc2c(c1)COC2C=O. The monoisotopic (exact) mass is 191 g/mol.